The number of pyridine rings is 3. The Morgan fingerprint density at radius 1 is 1.07 bits per heavy atom. The highest BCUT2D eigenvalue weighted by Gasteiger charge is 2.30. The van der Waals surface area contributed by atoms with Gasteiger partial charge in [0.05, 0.1) is 22.6 Å². The molecule has 0 spiro atoms. The van der Waals surface area contributed by atoms with Crippen molar-refractivity contribution in [1.82, 2.24) is 19.4 Å². The normalized spacial score (nSPS) is 13.7. The van der Waals surface area contributed by atoms with E-state index in [0.717, 1.165) is 16.7 Å². The van der Waals surface area contributed by atoms with Gasteiger partial charge in [-0.2, -0.15) is 4.39 Å². The standard InChI is InChI=1S/C30H28F3N5O3/c1-5-22(40)36-11-13-37(14-12-36)28-18-15-20(32)26(23-19(31)7-6-8-21(23)39)35-29(18)38(30(41)24(28)33)27-17(4)9-10-34-25(27)16(2)3/h5-10,15-16,39H,1,11-14H2,2-4H3. The van der Waals surface area contributed by atoms with Crippen LogP contribution in [0, 0.1) is 24.4 Å². The molecule has 3 aromatic heterocycles. The average Bonchev–Trinajstić information content (AvgIpc) is 2.94. The van der Waals surface area contributed by atoms with Gasteiger partial charge in [0.15, 0.2) is 11.5 Å². The van der Waals surface area contributed by atoms with E-state index in [0.29, 0.717) is 11.3 Å². The molecular formula is C30H28F3N5O3. The van der Waals surface area contributed by atoms with Crippen molar-refractivity contribution >= 4 is 22.6 Å². The zero-order chi connectivity index (χ0) is 29.6. The number of halogens is 3. The first-order valence-corrected chi connectivity index (χ1v) is 13.1. The number of phenols is 1. The number of anilines is 1. The Balaban J connectivity index is 1.86. The zero-order valence-corrected chi connectivity index (χ0v) is 22.8. The SMILES string of the molecule is C=CC(=O)N1CCN(c2c(F)c(=O)n(-c3c(C)ccnc3C(C)C)c3nc(-c4c(O)cccc4F)c(F)cc23)CC1. The van der Waals surface area contributed by atoms with E-state index in [2.05, 4.69) is 16.5 Å². The van der Waals surface area contributed by atoms with Gasteiger partial charge in [-0.05, 0) is 48.7 Å². The van der Waals surface area contributed by atoms with Crippen LogP contribution < -0.4 is 10.5 Å². The number of nitrogens with zero attached hydrogens (tertiary/aromatic N) is 5. The van der Waals surface area contributed by atoms with Gasteiger partial charge in [-0.15, -0.1) is 0 Å². The lowest BCUT2D eigenvalue weighted by molar-refractivity contribution is -0.126. The predicted octanol–water partition coefficient (Wildman–Crippen LogP) is 4.84. The van der Waals surface area contributed by atoms with E-state index in [4.69, 9.17) is 0 Å². The van der Waals surface area contributed by atoms with Crippen LogP contribution in [0.3, 0.4) is 0 Å². The monoisotopic (exact) mass is 563 g/mol. The lowest BCUT2D eigenvalue weighted by Crippen LogP contribution is -2.49. The summed E-state index contributed by atoms with van der Waals surface area (Å²) >= 11 is 0. The number of hydrogen-bond acceptors (Lipinski definition) is 6. The molecule has 0 radical (unpaired) electrons. The molecule has 4 aromatic rings. The van der Waals surface area contributed by atoms with Gasteiger partial charge in [0.1, 0.15) is 17.3 Å². The highest BCUT2D eigenvalue weighted by Crippen LogP contribution is 2.37. The van der Waals surface area contributed by atoms with Crippen molar-refractivity contribution in [3.05, 3.63) is 88.2 Å². The lowest BCUT2D eigenvalue weighted by Gasteiger charge is -2.36. The second-order valence-corrected chi connectivity index (χ2v) is 10.2. The van der Waals surface area contributed by atoms with Crippen molar-refractivity contribution in [3.8, 4) is 22.7 Å². The summed E-state index contributed by atoms with van der Waals surface area (Å²) in [6.45, 7) is 9.73. The minimum absolute atomic E-state index is 0.0272. The third-order valence-corrected chi connectivity index (χ3v) is 7.26. The third-order valence-electron chi connectivity index (χ3n) is 7.26. The molecule has 1 aliphatic heterocycles. The molecule has 5 rings (SSSR count). The summed E-state index contributed by atoms with van der Waals surface area (Å²) in [6.07, 6.45) is 2.76. The summed E-state index contributed by atoms with van der Waals surface area (Å²) in [5.74, 6) is -4.06. The van der Waals surface area contributed by atoms with Crippen molar-refractivity contribution in [2.24, 2.45) is 0 Å². The van der Waals surface area contributed by atoms with Crippen LogP contribution in [0.2, 0.25) is 0 Å². The lowest BCUT2D eigenvalue weighted by atomic mass is 10.0. The fourth-order valence-corrected chi connectivity index (χ4v) is 5.24. The van der Waals surface area contributed by atoms with Crippen LogP contribution in [0.5, 0.6) is 5.75 Å². The maximum Gasteiger partial charge on any atom is 0.295 e. The summed E-state index contributed by atoms with van der Waals surface area (Å²) in [4.78, 5) is 37.9. The van der Waals surface area contributed by atoms with E-state index >= 15 is 8.78 Å². The highest BCUT2D eigenvalue weighted by atomic mass is 19.1. The van der Waals surface area contributed by atoms with E-state index in [9.17, 15) is 19.1 Å². The number of carbonyl (C=O) groups excluding carboxylic acids is 1. The molecule has 1 aliphatic rings. The number of rotatable bonds is 5. The number of aryl methyl sites for hydroxylation is 1. The number of aromatic nitrogens is 3. The molecule has 0 aliphatic carbocycles. The number of piperazine rings is 1. The van der Waals surface area contributed by atoms with Gasteiger partial charge in [-0.1, -0.05) is 26.5 Å². The molecule has 8 nitrogen and oxygen atoms in total. The van der Waals surface area contributed by atoms with Crippen LogP contribution in [0.4, 0.5) is 18.9 Å². The summed E-state index contributed by atoms with van der Waals surface area (Å²) in [5, 5.41) is 10.4. The molecule has 0 unspecified atom stereocenters. The minimum atomic E-state index is -1.12. The summed E-state index contributed by atoms with van der Waals surface area (Å²) < 4.78 is 47.8. The molecule has 41 heavy (non-hydrogen) atoms. The quantitative estimate of drug-likeness (QED) is 0.350. The van der Waals surface area contributed by atoms with Crippen LogP contribution in [-0.2, 0) is 4.79 Å². The Labute approximate surface area is 234 Å². The van der Waals surface area contributed by atoms with Gasteiger partial charge in [-0.3, -0.25) is 19.1 Å². The topological polar surface area (TPSA) is 91.6 Å². The number of amides is 1. The molecule has 0 bridgehead atoms. The highest BCUT2D eigenvalue weighted by molar-refractivity contribution is 5.93. The van der Waals surface area contributed by atoms with Gasteiger partial charge < -0.3 is 14.9 Å². The van der Waals surface area contributed by atoms with Gasteiger partial charge in [0.2, 0.25) is 11.7 Å². The van der Waals surface area contributed by atoms with E-state index in [-0.39, 0.29) is 60.4 Å². The molecule has 1 aromatic carbocycles. The van der Waals surface area contributed by atoms with E-state index in [1.165, 1.54) is 23.1 Å². The molecule has 0 saturated carbocycles. The molecular weight excluding hydrogens is 535 g/mol. The van der Waals surface area contributed by atoms with E-state index in [1.54, 1.807) is 24.1 Å². The van der Waals surface area contributed by atoms with Crippen molar-refractivity contribution in [3.63, 3.8) is 0 Å². The molecule has 1 saturated heterocycles. The summed E-state index contributed by atoms with van der Waals surface area (Å²) in [6, 6.07) is 6.17. The van der Waals surface area contributed by atoms with Gasteiger partial charge >= 0.3 is 0 Å². The first kappa shape index (κ1) is 27.9. The third kappa shape index (κ3) is 4.71. The Hall–Kier alpha value is -4.67. The number of carbonyl (C=O) groups is 1. The Morgan fingerprint density at radius 2 is 1.78 bits per heavy atom. The maximum atomic E-state index is 16.2. The van der Waals surface area contributed by atoms with Crippen molar-refractivity contribution in [2.45, 2.75) is 26.7 Å². The smallest absolute Gasteiger partial charge is 0.295 e. The molecule has 1 fully saturated rings. The molecule has 212 valence electrons. The average molecular weight is 564 g/mol. The summed E-state index contributed by atoms with van der Waals surface area (Å²) in [5.41, 5.74) is -1.00. The zero-order valence-electron chi connectivity index (χ0n) is 22.8. The molecule has 1 amide bonds. The maximum absolute atomic E-state index is 16.2. The fourth-order valence-electron chi connectivity index (χ4n) is 5.24. The van der Waals surface area contributed by atoms with Crippen LogP contribution in [0.1, 0.15) is 31.0 Å². The number of fused-ring (bicyclic) bond motifs is 1. The summed E-state index contributed by atoms with van der Waals surface area (Å²) in [7, 11) is 0. The fraction of sp³-hybridized carbons (Fsp3) is 0.267. The number of hydrogen-bond donors (Lipinski definition) is 1. The Kier molecular flexibility index (Phi) is 7.29. The van der Waals surface area contributed by atoms with Gasteiger partial charge in [0.25, 0.3) is 5.56 Å². The molecule has 1 N–H and O–H groups in total. The molecule has 11 heteroatoms. The number of benzene rings is 1. The molecule has 0 atom stereocenters. The van der Waals surface area contributed by atoms with E-state index in [1.807, 2.05) is 13.8 Å². The second kappa shape index (κ2) is 10.7. The minimum Gasteiger partial charge on any atom is -0.507 e. The van der Waals surface area contributed by atoms with Crippen LogP contribution in [-0.4, -0.2) is 56.6 Å². The van der Waals surface area contributed by atoms with Crippen LogP contribution in [0.25, 0.3) is 28.0 Å². The van der Waals surface area contributed by atoms with Crippen molar-refractivity contribution in [2.75, 3.05) is 31.1 Å². The second-order valence-electron chi connectivity index (χ2n) is 10.2. The van der Waals surface area contributed by atoms with Crippen molar-refractivity contribution in [1.29, 1.82) is 0 Å². The Bertz CT molecular complexity index is 1740. The largest absolute Gasteiger partial charge is 0.507 e. The van der Waals surface area contributed by atoms with Crippen molar-refractivity contribution < 1.29 is 23.1 Å². The van der Waals surface area contributed by atoms with Crippen LogP contribution in [0.15, 0.2) is 54.0 Å². The van der Waals surface area contributed by atoms with E-state index < -0.39 is 40.0 Å². The molecule has 4 heterocycles. The number of phenolic OH excluding ortho intramolecular Hbond substituents is 1. The predicted molar refractivity (Wildman–Crippen MR) is 150 cm³/mol. The first-order valence-electron chi connectivity index (χ1n) is 13.1. The van der Waals surface area contributed by atoms with Gasteiger partial charge in [0, 0.05) is 37.8 Å². The first-order chi connectivity index (χ1) is 19.5. The Morgan fingerprint density at radius 3 is 2.41 bits per heavy atom. The van der Waals surface area contributed by atoms with Gasteiger partial charge in [-0.25, -0.2) is 13.8 Å². The number of aromatic hydroxyl groups is 1. The van der Waals surface area contributed by atoms with Crippen LogP contribution >= 0.6 is 0 Å².